The molecule has 0 heterocycles. The van der Waals surface area contributed by atoms with Crippen LogP contribution in [0.1, 0.15) is 129 Å². The largest absolute Gasteiger partial charge is 0.252 e. The third-order valence-electron chi connectivity index (χ3n) is 8.97. The van der Waals surface area contributed by atoms with Crippen LogP contribution in [0.2, 0.25) is 0 Å². The first-order chi connectivity index (χ1) is 15.2. The summed E-state index contributed by atoms with van der Waals surface area (Å²) in [6.45, 7) is 4.60. The van der Waals surface area contributed by atoms with E-state index in [1.165, 1.54) is 116 Å². The van der Waals surface area contributed by atoms with Gasteiger partial charge in [0.1, 0.15) is 0 Å². The first-order valence-corrected chi connectivity index (χ1v) is 14.0. The van der Waals surface area contributed by atoms with Crippen molar-refractivity contribution in [2.75, 3.05) is 0 Å². The summed E-state index contributed by atoms with van der Waals surface area (Å²) in [5.74, 6) is 11.6. The van der Waals surface area contributed by atoms with Crippen molar-refractivity contribution in [3.8, 4) is 11.8 Å². The minimum atomic E-state index is 0.0690. The molecule has 0 amide bonds. The molecule has 1 N–H and O–H groups in total. The number of rotatable bonds is 9. The summed E-state index contributed by atoms with van der Waals surface area (Å²) in [5.41, 5.74) is 0. The Bertz CT molecular complexity index is 523. The molecule has 178 valence electrons. The molecule has 0 radical (unpaired) electrons. The molecule has 0 saturated heterocycles. The summed E-state index contributed by atoms with van der Waals surface area (Å²) < 4.78 is 0. The Morgan fingerprint density at radius 3 is 1.65 bits per heavy atom. The Morgan fingerprint density at radius 2 is 1.13 bits per heavy atom. The molecule has 31 heavy (non-hydrogen) atoms. The maximum atomic E-state index is 9.70. The van der Waals surface area contributed by atoms with E-state index in [9.17, 15) is 5.26 Å². The maximum absolute atomic E-state index is 9.70. The average Bonchev–Trinajstić information content (AvgIpc) is 2.81. The molecule has 3 aliphatic carbocycles. The first kappa shape index (κ1) is 25.1. The quantitative estimate of drug-likeness (QED) is 0.172. The summed E-state index contributed by atoms with van der Waals surface area (Å²) >= 11 is 0. The second kappa shape index (κ2) is 13.9. The summed E-state index contributed by atoms with van der Waals surface area (Å²) in [4.78, 5) is 5.12. The summed E-state index contributed by atoms with van der Waals surface area (Å²) in [7, 11) is 0. The van der Waals surface area contributed by atoms with Crippen LogP contribution < -0.4 is 0 Å². The second-order valence-electron chi connectivity index (χ2n) is 11.3. The zero-order chi connectivity index (χ0) is 21.9. The SMILES string of the molecule is CCCCCC1CCC(C#CC2CCC(C(OO)C3CCC(CCC)CC3)CC2)CC1. The van der Waals surface area contributed by atoms with Gasteiger partial charge in [0, 0.05) is 11.8 Å². The van der Waals surface area contributed by atoms with Gasteiger partial charge >= 0.3 is 0 Å². The molecule has 1 atom stereocenters. The van der Waals surface area contributed by atoms with Gasteiger partial charge in [-0.3, -0.25) is 5.26 Å². The summed E-state index contributed by atoms with van der Waals surface area (Å²) in [6, 6.07) is 0. The molecule has 0 aromatic carbocycles. The first-order valence-electron chi connectivity index (χ1n) is 14.0. The van der Waals surface area contributed by atoms with Crippen LogP contribution in [0.25, 0.3) is 0 Å². The highest BCUT2D eigenvalue weighted by Gasteiger charge is 2.35. The van der Waals surface area contributed by atoms with E-state index in [1.54, 1.807) is 0 Å². The zero-order valence-electron chi connectivity index (χ0n) is 20.6. The van der Waals surface area contributed by atoms with Crippen LogP contribution in [0.5, 0.6) is 0 Å². The molecule has 3 aliphatic rings. The predicted molar refractivity (Wildman–Crippen MR) is 131 cm³/mol. The fourth-order valence-electron chi connectivity index (χ4n) is 6.88. The van der Waals surface area contributed by atoms with Gasteiger partial charge in [-0.25, -0.2) is 4.89 Å². The molecule has 2 nitrogen and oxygen atoms in total. The van der Waals surface area contributed by atoms with Crippen molar-refractivity contribution in [2.45, 2.75) is 136 Å². The van der Waals surface area contributed by atoms with Gasteiger partial charge < -0.3 is 0 Å². The lowest BCUT2D eigenvalue weighted by Gasteiger charge is -2.38. The topological polar surface area (TPSA) is 29.5 Å². The third kappa shape index (κ3) is 8.08. The molecule has 3 rings (SSSR count). The van der Waals surface area contributed by atoms with Crippen molar-refractivity contribution in [2.24, 2.45) is 35.5 Å². The molecule has 3 fully saturated rings. The molecule has 1 unspecified atom stereocenters. The highest BCUT2D eigenvalue weighted by Crippen LogP contribution is 2.41. The Kier molecular flexibility index (Phi) is 11.3. The lowest BCUT2D eigenvalue weighted by Crippen LogP contribution is -2.36. The van der Waals surface area contributed by atoms with E-state index in [1.807, 2.05) is 0 Å². The molecule has 3 saturated carbocycles. The van der Waals surface area contributed by atoms with Gasteiger partial charge in [0.15, 0.2) is 0 Å². The van der Waals surface area contributed by atoms with Crippen molar-refractivity contribution in [3.63, 3.8) is 0 Å². The summed E-state index contributed by atoms with van der Waals surface area (Å²) in [5, 5.41) is 9.70. The van der Waals surface area contributed by atoms with Crippen LogP contribution in [-0.4, -0.2) is 11.4 Å². The van der Waals surface area contributed by atoms with Gasteiger partial charge in [-0.1, -0.05) is 77.1 Å². The average molecular weight is 431 g/mol. The highest BCUT2D eigenvalue weighted by molar-refractivity contribution is 5.09. The van der Waals surface area contributed by atoms with Gasteiger partial charge in [-0.15, -0.1) is 0 Å². The molecule has 0 aliphatic heterocycles. The van der Waals surface area contributed by atoms with Crippen LogP contribution in [-0.2, 0) is 4.89 Å². The van der Waals surface area contributed by atoms with Crippen LogP contribution in [0.3, 0.4) is 0 Å². The Balaban J connectivity index is 1.36. The van der Waals surface area contributed by atoms with Crippen LogP contribution in [0.15, 0.2) is 0 Å². The van der Waals surface area contributed by atoms with Gasteiger partial charge in [0.2, 0.25) is 0 Å². The van der Waals surface area contributed by atoms with E-state index >= 15 is 0 Å². The number of hydrogen-bond acceptors (Lipinski definition) is 2. The van der Waals surface area contributed by atoms with E-state index < -0.39 is 0 Å². The Labute approximate surface area is 193 Å². The van der Waals surface area contributed by atoms with Crippen molar-refractivity contribution in [3.05, 3.63) is 0 Å². The van der Waals surface area contributed by atoms with Gasteiger partial charge in [0.25, 0.3) is 0 Å². The van der Waals surface area contributed by atoms with Gasteiger partial charge in [-0.05, 0) is 87.9 Å². The lowest BCUT2D eigenvalue weighted by atomic mass is 9.71. The number of hydrogen-bond donors (Lipinski definition) is 1. The minimum Gasteiger partial charge on any atom is -0.252 e. The molecular weight excluding hydrogens is 380 g/mol. The predicted octanol–water partition coefficient (Wildman–Crippen LogP) is 8.65. The lowest BCUT2D eigenvalue weighted by molar-refractivity contribution is -0.306. The van der Waals surface area contributed by atoms with Crippen LogP contribution in [0.4, 0.5) is 0 Å². The Hall–Kier alpha value is -0.520. The van der Waals surface area contributed by atoms with Crippen molar-refractivity contribution in [1.82, 2.24) is 0 Å². The zero-order valence-corrected chi connectivity index (χ0v) is 20.6. The maximum Gasteiger partial charge on any atom is 0.0983 e. The molecular formula is C29H50O2. The van der Waals surface area contributed by atoms with E-state index in [4.69, 9.17) is 4.89 Å². The van der Waals surface area contributed by atoms with Crippen LogP contribution >= 0.6 is 0 Å². The monoisotopic (exact) mass is 430 g/mol. The van der Waals surface area contributed by atoms with E-state index in [0.717, 1.165) is 11.8 Å². The van der Waals surface area contributed by atoms with Crippen molar-refractivity contribution >= 4 is 0 Å². The minimum absolute atomic E-state index is 0.0690. The molecule has 0 bridgehead atoms. The summed E-state index contributed by atoms with van der Waals surface area (Å²) in [6.07, 6.45) is 23.8. The van der Waals surface area contributed by atoms with Gasteiger partial charge in [-0.2, -0.15) is 0 Å². The van der Waals surface area contributed by atoms with E-state index in [2.05, 4.69) is 25.7 Å². The second-order valence-corrected chi connectivity index (χ2v) is 11.3. The molecule has 0 aromatic rings. The fraction of sp³-hybridized carbons (Fsp3) is 0.931. The van der Waals surface area contributed by atoms with Crippen LogP contribution in [0, 0.1) is 47.3 Å². The molecule has 0 spiro atoms. The Morgan fingerprint density at radius 1 is 0.645 bits per heavy atom. The highest BCUT2D eigenvalue weighted by atomic mass is 17.1. The standard InChI is InChI=1S/C29H50O2/c1-3-5-6-8-24-9-11-25(12-10-24)13-14-26-17-21-28(22-18-26)29(31-30)27-19-15-23(7-4-2)16-20-27/h23-30H,3-12,15-22H2,1-2H3. The van der Waals surface area contributed by atoms with Crippen molar-refractivity contribution < 1.29 is 10.1 Å². The van der Waals surface area contributed by atoms with E-state index in [-0.39, 0.29) is 6.10 Å². The normalized spacial score (nSPS) is 35.2. The fourth-order valence-corrected chi connectivity index (χ4v) is 6.88. The van der Waals surface area contributed by atoms with Crippen molar-refractivity contribution in [1.29, 1.82) is 0 Å². The van der Waals surface area contributed by atoms with Gasteiger partial charge in [0.05, 0.1) is 6.10 Å². The third-order valence-corrected chi connectivity index (χ3v) is 8.97. The molecule has 0 aromatic heterocycles. The smallest absolute Gasteiger partial charge is 0.0983 e. The number of unbranched alkanes of at least 4 members (excludes halogenated alkanes) is 2. The van der Waals surface area contributed by atoms with E-state index in [0.29, 0.717) is 23.7 Å². The molecule has 2 heteroatoms.